The van der Waals surface area contributed by atoms with Gasteiger partial charge in [0.15, 0.2) is 4.67 Å². The van der Waals surface area contributed by atoms with Gasteiger partial charge < -0.3 is 4.42 Å². The van der Waals surface area contributed by atoms with Crippen molar-refractivity contribution in [2.45, 2.75) is 26.3 Å². The van der Waals surface area contributed by atoms with Gasteiger partial charge in [-0.1, -0.05) is 0 Å². The van der Waals surface area contributed by atoms with E-state index in [2.05, 4.69) is 33.2 Å². The number of hydrogen-bond donors (Lipinski definition) is 2. The van der Waals surface area contributed by atoms with Gasteiger partial charge in [-0.3, -0.25) is 11.3 Å². The lowest BCUT2D eigenvalue weighted by Crippen LogP contribution is -2.27. The number of hydrazine groups is 1. The number of nitrogens with one attached hydrogen (secondary N) is 1. The smallest absolute Gasteiger partial charge is 0.169 e. The molecule has 0 aliphatic heterocycles. The first-order valence-corrected chi connectivity index (χ1v) is 5.10. The minimum Gasteiger partial charge on any atom is -0.454 e. The molecule has 0 fully saturated rings. The Hall–Kier alpha value is -0.760. The summed E-state index contributed by atoms with van der Waals surface area (Å²) in [6.07, 6.45) is 0.680. The molecule has 0 saturated carbocycles. The van der Waals surface area contributed by atoms with Crippen molar-refractivity contribution in [3.8, 4) is 11.8 Å². The molecular formula is C10H13BrN2O. The maximum atomic E-state index is 5.45. The molecule has 1 rings (SSSR count). The van der Waals surface area contributed by atoms with Gasteiger partial charge in [0.25, 0.3) is 0 Å². The van der Waals surface area contributed by atoms with Crippen molar-refractivity contribution >= 4 is 15.9 Å². The van der Waals surface area contributed by atoms with Gasteiger partial charge in [-0.05, 0) is 35.8 Å². The van der Waals surface area contributed by atoms with E-state index in [4.69, 9.17) is 10.3 Å². The van der Waals surface area contributed by atoms with E-state index in [1.165, 1.54) is 0 Å². The largest absolute Gasteiger partial charge is 0.454 e. The van der Waals surface area contributed by atoms with Crippen molar-refractivity contribution in [1.82, 2.24) is 5.43 Å². The summed E-state index contributed by atoms with van der Waals surface area (Å²) in [6, 6.07) is 1.94. The molecule has 1 atom stereocenters. The molecule has 0 amide bonds. The number of rotatable bonds is 3. The molecule has 0 aliphatic rings. The summed E-state index contributed by atoms with van der Waals surface area (Å²) in [5, 5.41) is 0. The SMILES string of the molecule is CC#CCC(NN)c1cc(Br)oc1C. The molecule has 1 heterocycles. The normalized spacial score (nSPS) is 12.0. The molecule has 3 N–H and O–H groups in total. The molecule has 0 aromatic carbocycles. The van der Waals surface area contributed by atoms with Crippen LogP contribution in [-0.2, 0) is 0 Å². The van der Waals surface area contributed by atoms with Gasteiger partial charge in [-0.25, -0.2) is 0 Å². The van der Waals surface area contributed by atoms with E-state index >= 15 is 0 Å². The zero-order chi connectivity index (χ0) is 10.6. The lowest BCUT2D eigenvalue weighted by molar-refractivity contribution is 0.491. The molecule has 0 aliphatic carbocycles. The molecule has 1 aromatic heterocycles. The molecule has 14 heavy (non-hydrogen) atoms. The van der Waals surface area contributed by atoms with Crippen molar-refractivity contribution in [3.05, 3.63) is 22.1 Å². The van der Waals surface area contributed by atoms with Crippen molar-refractivity contribution in [1.29, 1.82) is 0 Å². The van der Waals surface area contributed by atoms with Crippen LogP contribution < -0.4 is 11.3 Å². The highest BCUT2D eigenvalue weighted by molar-refractivity contribution is 9.10. The second kappa shape index (κ2) is 5.20. The fraction of sp³-hybridized carbons (Fsp3) is 0.400. The maximum absolute atomic E-state index is 5.45. The lowest BCUT2D eigenvalue weighted by Gasteiger charge is -2.11. The van der Waals surface area contributed by atoms with Crippen molar-refractivity contribution in [3.63, 3.8) is 0 Å². The predicted molar refractivity (Wildman–Crippen MR) is 59.3 cm³/mol. The molecule has 76 valence electrons. The van der Waals surface area contributed by atoms with E-state index in [0.29, 0.717) is 6.42 Å². The summed E-state index contributed by atoms with van der Waals surface area (Å²) < 4.78 is 6.07. The zero-order valence-corrected chi connectivity index (χ0v) is 9.81. The van der Waals surface area contributed by atoms with Gasteiger partial charge in [-0.15, -0.1) is 11.8 Å². The van der Waals surface area contributed by atoms with Crippen LogP contribution in [-0.4, -0.2) is 0 Å². The summed E-state index contributed by atoms with van der Waals surface area (Å²) in [5.74, 6) is 12.1. The Balaban J connectivity index is 2.86. The van der Waals surface area contributed by atoms with E-state index in [9.17, 15) is 0 Å². The van der Waals surface area contributed by atoms with Crippen LogP contribution in [0.1, 0.15) is 30.7 Å². The zero-order valence-electron chi connectivity index (χ0n) is 8.23. The third-order valence-corrected chi connectivity index (χ3v) is 2.38. The molecule has 3 nitrogen and oxygen atoms in total. The first kappa shape index (κ1) is 11.3. The van der Waals surface area contributed by atoms with Gasteiger partial charge >= 0.3 is 0 Å². The van der Waals surface area contributed by atoms with Crippen LogP contribution in [0, 0.1) is 18.8 Å². The summed E-state index contributed by atoms with van der Waals surface area (Å²) in [4.78, 5) is 0. The van der Waals surface area contributed by atoms with Crippen molar-refractivity contribution < 1.29 is 4.42 Å². The molecule has 0 spiro atoms. The van der Waals surface area contributed by atoms with Crippen LogP contribution >= 0.6 is 15.9 Å². The summed E-state index contributed by atoms with van der Waals surface area (Å²) in [7, 11) is 0. The standard InChI is InChI=1S/C10H13BrN2O/c1-3-4-5-9(13-12)8-6-10(11)14-7(8)2/h6,9,13H,5,12H2,1-2H3. The first-order chi connectivity index (χ1) is 6.69. The molecule has 1 aromatic rings. The van der Waals surface area contributed by atoms with Gasteiger partial charge in [-0.2, -0.15) is 0 Å². The lowest BCUT2D eigenvalue weighted by atomic mass is 10.1. The quantitative estimate of drug-likeness (QED) is 0.496. The average molecular weight is 257 g/mol. The summed E-state index contributed by atoms with van der Waals surface area (Å²) in [6.45, 7) is 3.72. The fourth-order valence-electron chi connectivity index (χ4n) is 1.27. The summed E-state index contributed by atoms with van der Waals surface area (Å²) in [5.41, 5.74) is 3.77. The second-order valence-electron chi connectivity index (χ2n) is 2.91. The monoisotopic (exact) mass is 256 g/mol. The molecule has 0 saturated heterocycles. The number of hydrogen-bond acceptors (Lipinski definition) is 3. The number of nitrogens with two attached hydrogens (primary N) is 1. The summed E-state index contributed by atoms with van der Waals surface area (Å²) >= 11 is 3.28. The van der Waals surface area contributed by atoms with Crippen LogP contribution in [0.15, 0.2) is 15.2 Å². The van der Waals surface area contributed by atoms with Crippen molar-refractivity contribution in [2.75, 3.05) is 0 Å². The number of halogens is 1. The van der Waals surface area contributed by atoms with E-state index in [-0.39, 0.29) is 6.04 Å². The van der Waals surface area contributed by atoms with E-state index in [0.717, 1.165) is 16.0 Å². The third kappa shape index (κ3) is 2.61. The van der Waals surface area contributed by atoms with Gasteiger partial charge in [0.2, 0.25) is 0 Å². The Morgan fingerprint density at radius 3 is 2.86 bits per heavy atom. The highest BCUT2D eigenvalue weighted by Gasteiger charge is 2.14. The van der Waals surface area contributed by atoms with E-state index < -0.39 is 0 Å². The van der Waals surface area contributed by atoms with Gasteiger partial charge in [0, 0.05) is 12.0 Å². The maximum Gasteiger partial charge on any atom is 0.169 e. The predicted octanol–water partition coefficient (Wildman–Crippen LogP) is 2.27. The third-order valence-electron chi connectivity index (χ3n) is 1.99. The average Bonchev–Trinajstić information content (AvgIpc) is 2.47. The Bertz CT molecular complexity index is 362. The Labute approximate surface area is 92.1 Å². The van der Waals surface area contributed by atoms with Crippen LogP contribution in [0.3, 0.4) is 0 Å². The van der Waals surface area contributed by atoms with Crippen LogP contribution in [0.25, 0.3) is 0 Å². The topological polar surface area (TPSA) is 51.2 Å². The number of furan rings is 1. The highest BCUT2D eigenvalue weighted by atomic mass is 79.9. The first-order valence-electron chi connectivity index (χ1n) is 4.30. The molecule has 0 bridgehead atoms. The van der Waals surface area contributed by atoms with Gasteiger partial charge in [0.1, 0.15) is 5.76 Å². The minimum absolute atomic E-state index is 0.0255. The molecule has 1 unspecified atom stereocenters. The Morgan fingerprint density at radius 1 is 1.71 bits per heavy atom. The van der Waals surface area contributed by atoms with Gasteiger partial charge in [0.05, 0.1) is 6.04 Å². The second-order valence-corrected chi connectivity index (χ2v) is 3.69. The number of aryl methyl sites for hydroxylation is 1. The molecular weight excluding hydrogens is 244 g/mol. The highest BCUT2D eigenvalue weighted by Crippen LogP contribution is 2.26. The fourth-order valence-corrected chi connectivity index (χ4v) is 1.76. The molecule has 4 heteroatoms. The Kier molecular flexibility index (Phi) is 4.21. The van der Waals surface area contributed by atoms with Crippen LogP contribution in [0.2, 0.25) is 0 Å². The van der Waals surface area contributed by atoms with E-state index in [1.54, 1.807) is 0 Å². The van der Waals surface area contributed by atoms with Crippen molar-refractivity contribution in [2.24, 2.45) is 5.84 Å². The van der Waals surface area contributed by atoms with E-state index in [1.807, 2.05) is 19.9 Å². The van der Waals surface area contributed by atoms with Crippen LogP contribution in [0.4, 0.5) is 0 Å². The minimum atomic E-state index is 0.0255. The van der Waals surface area contributed by atoms with Crippen LogP contribution in [0.5, 0.6) is 0 Å². The Morgan fingerprint density at radius 2 is 2.43 bits per heavy atom. The molecule has 0 radical (unpaired) electrons.